The van der Waals surface area contributed by atoms with Gasteiger partial charge in [-0.2, -0.15) is 0 Å². The zero-order valence-electron chi connectivity index (χ0n) is 9.68. The summed E-state index contributed by atoms with van der Waals surface area (Å²) in [5.74, 6) is -0.0323. The van der Waals surface area contributed by atoms with E-state index in [0.717, 1.165) is 0 Å². The van der Waals surface area contributed by atoms with Crippen LogP contribution in [0.5, 0.6) is 5.88 Å². The molecule has 0 bridgehead atoms. The smallest absolute Gasteiger partial charge is 0.261 e. The summed E-state index contributed by atoms with van der Waals surface area (Å²) in [5.41, 5.74) is 0.912. The van der Waals surface area contributed by atoms with Crippen molar-refractivity contribution in [3.63, 3.8) is 0 Å². The number of carbonyl (C=O) groups excluding carboxylic acids is 1. The van der Waals surface area contributed by atoms with Crippen LogP contribution >= 0.6 is 11.6 Å². The van der Waals surface area contributed by atoms with Gasteiger partial charge in [0.25, 0.3) is 5.91 Å². The van der Waals surface area contributed by atoms with Crippen molar-refractivity contribution in [2.75, 3.05) is 12.4 Å². The summed E-state index contributed by atoms with van der Waals surface area (Å²) < 4.78 is 5.03. The normalized spacial score (nSPS) is 9.89. The molecule has 1 aromatic carbocycles. The van der Waals surface area contributed by atoms with Crippen molar-refractivity contribution in [2.45, 2.75) is 0 Å². The first kappa shape index (κ1) is 12.4. The zero-order valence-corrected chi connectivity index (χ0v) is 10.4. The highest BCUT2D eigenvalue weighted by atomic mass is 35.5. The summed E-state index contributed by atoms with van der Waals surface area (Å²) in [6, 6.07) is 10.3. The van der Waals surface area contributed by atoms with Crippen molar-refractivity contribution >= 4 is 23.2 Å². The Kier molecular flexibility index (Phi) is 3.79. The molecule has 2 aromatic rings. The molecule has 5 heteroatoms. The van der Waals surface area contributed by atoms with E-state index in [1.54, 1.807) is 42.6 Å². The molecule has 0 atom stereocenters. The van der Waals surface area contributed by atoms with Crippen molar-refractivity contribution in [2.24, 2.45) is 0 Å². The molecule has 0 saturated carbocycles. The molecule has 0 aliphatic rings. The van der Waals surface area contributed by atoms with Gasteiger partial charge in [-0.25, -0.2) is 4.98 Å². The van der Waals surface area contributed by atoms with Crippen LogP contribution in [0.2, 0.25) is 5.02 Å². The molecule has 2 rings (SSSR count). The Morgan fingerprint density at radius 3 is 2.78 bits per heavy atom. The number of nitrogens with zero attached hydrogens (tertiary/aromatic N) is 1. The van der Waals surface area contributed by atoms with Gasteiger partial charge in [-0.05, 0) is 24.3 Å². The number of halogens is 1. The number of methoxy groups -OCH3 is 1. The fourth-order valence-corrected chi connectivity index (χ4v) is 1.66. The predicted octanol–water partition coefficient (Wildman–Crippen LogP) is 3.00. The van der Waals surface area contributed by atoms with Crippen molar-refractivity contribution in [3.05, 3.63) is 53.2 Å². The number of hydrogen-bond donors (Lipinski definition) is 1. The fraction of sp³-hybridized carbons (Fsp3) is 0.0769. The van der Waals surface area contributed by atoms with Crippen LogP contribution in [-0.4, -0.2) is 18.0 Å². The number of nitrogens with one attached hydrogen (secondary N) is 1. The number of carbonyl (C=O) groups is 1. The Bertz CT molecular complexity index is 572. The molecule has 1 aromatic heterocycles. The van der Waals surface area contributed by atoms with Crippen molar-refractivity contribution < 1.29 is 9.53 Å². The summed E-state index contributed by atoms with van der Waals surface area (Å²) in [6.45, 7) is 0. The average Bonchev–Trinajstić information content (AvgIpc) is 2.41. The number of ether oxygens (including phenoxy) is 1. The Balaban J connectivity index is 2.25. The Morgan fingerprint density at radius 2 is 2.06 bits per heavy atom. The molecule has 0 aliphatic carbocycles. The maximum absolute atomic E-state index is 12.1. The van der Waals surface area contributed by atoms with E-state index in [2.05, 4.69) is 10.3 Å². The maximum atomic E-state index is 12.1. The van der Waals surface area contributed by atoms with E-state index in [9.17, 15) is 4.79 Å². The lowest BCUT2D eigenvalue weighted by Crippen LogP contribution is -2.13. The van der Waals surface area contributed by atoms with E-state index in [1.165, 1.54) is 7.11 Å². The summed E-state index contributed by atoms with van der Waals surface area (Å²) in [7, 11) is 1.47. The van der Waals surface area contributed by atoms with Crippen LogP contribution in [0.15, 0.2) is 42.6 Å². The molecule has 18 heavy (non-hydrogen) atoms. The largest absolute Gasteiger partial charge is 0.480 e. The molecule has 1 heterocycles. The molecule has 0 aliphatic heterocycles. The summed E-state index contributed by atoms with van der Waals surface area (Å²) in [4.78, 5) is 16.0. The SMILES string of the molecule is COc1ncccc1C(=O)Nc1ccccc1Cl. The van der Waals surface area contributed by atoms with E-state index in [0.29, 0.717) is 16.3 Å². The maximum Gasteiger partial charge on any atom is 0.261 e. The lowest BCUT2D eigenvalue weighted by molar-refractivity contribution is 0.102. The van der Waals surface area contributed by atoms with Gasteiger partial charge in [0, 0.05) is 6.20 Å². The second-order valence-corrected chi connectivity index (χ2v) is 3.90. The van der Waals surface area contributed by atoms with Crippen LogP contribution in [0.1, 0.15) is 10.4 Å². The molecule has 1 N–H and O–H groups in total. The van der Waals surface area contributed by atoms with Gasteiger partial charge in [0.15, 0.2) is 0 Å². The first-order valence-corrected chi connectivity index (χ1v) is 5.65. The highest BCUT2D eigenvalue weighted by molar-refractivity contribution is 6.33. The number of aromatic nitrogens is 1. The lowest BCUT2D eigenvalue weighted by atomic mass is 10.2. The monoisotopic (exact) mass is 262 g/mol. The lowest BCUT2D eigenvalue weighted by Gasteiger charge is -2.09. The predicted molar refractivity (Wildman–Crippen MR) is 70.2 cm³/mol. The quantitative estimate of drug-likeness (QED) is 0.925. The van der Waals surface area contributed by atoms with E-state index in [4.69, 9.17) is 16.3 Å². The molecule has 0 unspecified atom stereocenters. The third kappa shape index (κ3) is 2.60. The topological polar surface area (TPSA) is 51.2 Å². The molecule has 4 nitrogen and oxygen atoms in total. The molecule has 1 amide bonds. The number of hydrogen-bond acceptors (Lipinski definition) is 3. The third-order valence-corrected chi connectivity index (χ3v) is 2.66. The standard InChI is InChI=1S/C13H11ClN2O2/c1-18-13-9(5-4-8-15-13)12(17)16-11-7-3-2-6-10(11)14/h2-8H,1H3,(H,16,17). The van der Waals surface area contributed by atoms with E-state index in [1.807, 2.05) is 0 Å². The molecular weight excluding hydrogens is 252 g/mol. The van der Waals surface area contributed by atoms with Crippen molar-refractivity contribution in [1.82, 2.24) is 4.98 Å². The van der Waals surface area contributed by atoms with Gasteiger partial charge in [0.05, 0.1) is 17.8 Å². The molecule has 0 saturated heterocycles. The first-order chi connectivity index (χ1) is 8.72. The van der Waals surface area contributed by atoms with Crippen LogP contribution in [0.4, 0.5) is 5.69 Å². The summed E-state index contributed by atoms with van der Waals surface area (Å²) in [5, 5.41) is 3.19. The number of amides is 1. The minimum atomic E-state index is -0.312. The van der Waals surface area contributed by atoms with Gasteiger partial charge in [-0.3, -0.25) is 4.79 Å². The zero-order chi connectivity index (χ0) is 13.0. The van der Waals surface area contributed by atoms with Gasteiger partial charge in [-0.1, -0.05) is 23.7 Å². The van der Waals surface area contributed by atoms with Gasteiger partial charge in [0.2, 0.25) is 5.88 Å². The van der Waals surface area contributed by atoms with Gasteiger partial charge >= 0.3 is 0 Å². The van der Waals surface area contributed by atoms with Crippen LogP contribution in [0, 0.1) is 0 Å². The van der Waals surface area contributed by atoms with E-state index < -0.39 is 0 Å². The Labute approximate surface area is 110 Å². The highest BCUT2D eigenvalue weighted by Crippen LogP contribution is 2.22. The van der Waals surface area contributed by atoms with E-state index >= 15 is 0 Å². The van der Waals surface area contributed by atoms with Crippen LogP contribution in [0.3, 0.4) is 0 Å². The minimum Gasteiger partial charge on any atom is -0.480 e. The summed E-state index contributed by atoms with van der Waals surface area (Å²) >= 11 is 5.97. The highest BCUT2D eigenvalue weighted by Gasteiger charge is 2.13. The summed E-state index contributed by atoms with van der Waals surface area (Å²) in [6.07, 6.45) is 1.56. The average molecular weight is 263 g/mol. The molecule has 0 radical (unpaired) electrons. The third-order valence-electron chi connectivity index (χ3n) is 2.33. The number of para-hydroxylation sites is 1. The minimum absolute atomic E-state index is 0.280. The Morgan fingerprint density at radius 1 is 1.28 bits per heavy atom. The number of benzene rings is 1. The number of rotatable bonds is 3. The van der Waals surface area contributed by atoms with Crippen LogP contribution < -0.4 is 10.1 Å². The van der Waals surface area contributed by atoms with Gasteiger partial charge in [-0.15, -0.1) is 0 Å². The molecule has 0 spiro atoms. The van der Waals surface area contributed by atoms with Crippen LogP contribution in [-0.2, 0) is 0 Å². The molecule has 0 fully saturated rings. The van der Waals surface area contributed by atoms with E-state index in [-0.39, 0.29) is 11.8 Å². The Hall–Kier alpha value is -2.07. The van der Waals surface area contributed by atoms with Gasteiger partial charge in [0.1, 0.15) is 5.56 Å². The second-order valence-electron chi connectivity index (χ2n) is 3.49. The van der Waals surface area contributed by atoms with Crippen molar-refractivity contribution in [1.29, 1.82) is 0 Å². The second kappa shape index (κ2) is 5.51. The first-order valence-electron chi connectivity index (χ1n) is 5.27. The van der Waals surface area contributed by atoms with Crippen molar-refractivity contribution in [3.8, 4) is 5.88 Å². The molecule has 92 valence electrons. The van der Waals surface area contributed by atoms with Gasteiger partial charge < -0.3 is 10.1 Å². The fourth-order valence-electron chi connectivity index (χ4n) is 1.48. The number of pyridine rings is 1. The number of anilines is 1. The molecular formula is C13H11ClN2O2. The van der Waals surface area contributed by atoms with Crippen LogP contribution in [0.25, 0.3) is 0 Å².